The molecule has 0 aromatic heterocycles. The van der Waals surface area contributed by atoms with E-state index in [0.29, 0.717) is 6.04 Å². The van der Waals surface area contributed by atoms with E-state index in [2.05, 4.69) is 23.6 Å². The molecule has 2 nitrogen and oxygen atoms in total. The van der Waals surface area contributed by atoms with Crippen molar-refractivity contribution in [1.82, 2.24) is 5.32 Å². The average molecular weight is 152 g/mol. The van der Waals surface area contributed by atoms with Crippen molar-refractivity contribution in [2.75, 3.05) is 0 Å². The minimum Gasteiger partial charge on any atom is -0.368 e. The fourth-order valence-corrected chi connectivity index (χ4v) is 1.53. The molecule has 0 bridgehead atoms. The van der Waals surface area contributed by atoms with E-state index >= 15 is 0 Å². The first kappa shape index (κ1) is 8.31. The van der Waals surface area contributed by atoms with Crippen molar-refractivity contribution < 1.29 is 0 Å². The second-order valence-electron chi connectivity index (χ2n) is 3.08. The first-order valence-electron chi connectivity index (χ1n) is 4.25. The zero-order valence-corrected chi connectivity index (χ0v) is 6.97. The van der Waals surface area contributed by atoms with Crippen LogP contribution >= 0.6 is 0 Å². The molecule has 11 heavy (non-hydrogen) atoms. The van der Waals surface area contributed by atoms with Gasteiger partial charge in [-0.25, -0.2) is 4.99 Å². The van der Waals surface area contributed by atoms with Crippen molar-refractivity contribution in [2.24, 2.45) is 4.99 Å². The monoisotopic (exact) mass is 152 g/mol. The van der Waals surface area contributed by atoms with E-state index in [1.165, 1.54) is 32.1 Å². The Morgan fingerprint density at radius 3 is 2.45 bits per heavy atom. The van der Waals surface area contributed by atoms with Crippen molar-refractivity contribution in [2.45, 2.75) is 38.1 Å². The molecule has 1 rings (SSSR count). The van der Waals surface area contributed by atoms with E-state index in [9.17, 15) is 0 Å². The highest BCUT2D eigenvalue weighted by molar-refractivity contribution is 5.27. The van der Waals surface area contributed by atoms with Gasteiger partial charge in [0, 0.05) is 6.04 Å². The van der Waals surface area contributed by atoms with Gasteiger partial charge in [0.1, 0.15) is 5.82 Å². The van der Waals surface area contributed by atoms with E-state index in [1.54, 1.807) is 0 Å². The summed E-state index contributed by atoms with van der Waals surface area (Å²) in [6.07, 6.45) is 6.57. The van der Waals surface area contributed by atoms with E-state index in [1.807, 2.05) is 0 Å². The van der Waals surface area contributed by atoms with Gasteiger partial charge in [0.2, 0.25) is 0 Å². The lowest BCUT2D eigenvalue weighted by atomic mass is 9.96. The molecule has 0 amide bonds. The Labute approximate surface area is 68.4 Å². The molecule has 1 aliphatic carbocycles. The second-order valence-corrected chi connectivity index (χ2v) is 3.08. The van der Waals surface area contributed by atoms with Crippen LogP contribution in [0.1, 0.15) is 32.1 Å². The highest BCUT2D eigenvalue weighted by Crippen LogP contribution is 2.17. The number of hydrogen-bond donors (Lipinski definition) is 1. The lowest BCUT2D eigenvalue weighted by Gasteiger charge is -2.23. The van der Waals surface area contributed by atoms with E-state index < -0.39 is 0 Å². The molecular weight excluding hydrogens is 136 g/mol. The topological polar surface area (TPSA) is 24.4 Å². The lowest BCUT2D eigenvalue weighted by Crippen LogP contribution is -2.29. The summed E-state index contributed by atoms with van der Waals surface area (Å²) in [7, 11) is 0. The van der Waals surface area contributed by atoms with Crippen LogP contribution in [0.4, 0.5) is 0 Å². The third-order valence-corrected chi connectivity index (χ3v) is 2.17. The molecule has 1 saturated carbocycles. The van der Waals surface area contributed by atoms with Crippen molar-refractivity contribution in [3.63, 3.8) is 0 Å². The molecule has 0 heterocycles. The molecule has 0 aromatic rings. The van der Waals surface area contributed by atoms with Crippen LogP contribution in [0.25, 0.3) is 0 Å². The molecule has 0 saturated heterocycles. The van der Waals surface area contributed by atoms with Crippen LogP contribution in [0.2, 0.25) is 0 Å². The summed E-state index contributed by atoms with van der Waals surface area (Å²) >= 11 is 0. The summed E-state index contributed by atoms with van der Waals surface area (Å²) in [5, 5.41) is 3.24. The van der Waals surface area contributed by atoms with Crippen LogP contribution in [0.5, 0.6) is 0 Å². The number of nitrogens with zero attached hydrogens (tertiary/aromatic N) is 1. The Balaban J connectivity index is 2.24. The maximum Gasteiger partial charge on any atom is 0.118 e. The van der Waals surface area contributed by atoms with E-state index in [0.717, 1.165) is 5.82 Å². The smallest absolute Gasteiger partial charge is 0.118 e. The molecule has 1 aliphatic rings. The van der Waals surface area contributed by atoms with Gasteiger partial charge in [-0.3, -0.25) is 0 Å². The fraction of sp³-hybridized carbons (Fsp3) is 0.667. The molecule has 0 radical (unpaired) electrons. The SMILES string of the molecule is C=NC(=C)NC1CCCCC1. The molecule has 1 fully saturated rings. The normalized spacial score (nSPS) is 19.3. The Morgan fingerprint density at radius 1 is 1.27 bits per heavy atom. The molecule has 0 unspecified atom stereocenters. The number of hydrogen-bond acceptors (Lipinski definition) is 2. The standard InChI is InChI=1S/C9H16N2/c1-8(10-2)11-9-6-4-3-5-7-9/h9,11H,1-7H2. The Bertz CT molecular complexity index is 146. The van der Waals surface area contributed by atoms with Crippen LogP contribution in [0, 0.1) is 0 Å². The van der Waals surface area contributed by atoms with Gasteiger partial charge in [0.25, 0.3) is 0 Å². The van der Waals surface area contributed by atoms with Gasteiger partial charge in [-0.05, 0) is 19.6 Å². The predicted molar refractivity (Wildman–Crippen MR) is 48.7 cm³/mol. The first-order chi connectivity index (χ1) is 5.33. The summed E-state index contributed by atoms with van der Waals surface area (Å²) in [5.41, 5.74) is 0. The van der Waals surface area contributed by atoms with Crippen LogP contribution < -0.4 is 5.32 Å². The highest BCUT2D eigenvalue weighted by atomic mass is 15.0. The Morgan fingerprint density at radius 2 is 1.91 bits per heavy atom. The minimum absolute atomic E-state index is 0.599. The summed E-state index contributed by atoms with van der Waals surface area (Å²) in [6.45, 7) is 7.14. The number of rotatable bonds is 3. The van der Waals surface area contributed by atoms with Crippen LogP contribution in [-0.2, 0) is 0 Å². The quantitative estimate of drug-likeness (QED) is 0.615. The van der Waals surface area contributed by atoms with Gasteiger partial charge in [0.05, 0.1) is 0 Å². The lowest BCUT2D eigenvalue weighted by molar-refractivity contribution is 0.396. The predicted octanol–water partition coefficient (Wildman–Crippen LogP) is 2.08. The maximum absolute atomic E-state index is 3.73. The molecule has 0 aliphatic heterocycles. The first-order valence-corrected chi connectivity index (χ1v) is 4.25. The van der Waals surface area contributed by atoms with Gasteiger partial charge < -0.3 is 5.32 Å². The Kier molecular flexibility index (Phi) is 3.14. The zero-order valence-electron chi connectivity index (χ0n) is 6.97. The van der Waals surface area contributed by atoms with Gasteiger partial charge in [-0.2, -0.15) is 0 Å². The summed E-state index contributed by atoms with van der Waals surface area (Å²) in [4.78, 5) is 3.73. The van der Waals surface area contributed by atoms with Crippen LogP contribution in [0.3, 0.4) is 0 Å². The van der Waals surface area contributed by atoms with Gasteiger partial charge in [-0.1, -0.05) is 25.8 Å². The Hall–Kier alpha value is -0.790. The van der Waals surface area contributed by atoms with Crippen LogP contribution in [-0.4, -0.2) is 12.8 Å². The molecule has 0 aromatic carbocycles. The summed E-state index contributed by atoms with van der Waals surface area (Å²) < 4.78 is 0. The molecular formula is C9H16N2. The summed E-state index contributed by atoms with van der Waals surface area (Å²) in [6, 6.07) is 0.599. The minimum atomic E-state index is 0.599. The van der Waals surface area contributed by atoms with Gasteiger partial charge in [0.15, 0.2) is 0 Å². The van der Waals surface area contributed by atoms with Crippen molar-refractivity contribution in [3.8, 4) is 0 Å². The average Bonchev–Trinajstić information content (AvgIpc) is 2.06. The highest BCUT2D eigenvalue weighted by Gasteiger charge is 2.12. The molecule has 62 valence electrons. The number of aliphatic imine (C=N–C) groups is 1. The van der Waals surface area contributed by atoms with Crippen molar-refractivity contribution >= 4 is 6.72 Å². The molecule has 0 atom stereocenters. The molecule has 0 spiro atoms. The second kappa shape index (κ2) is 4.16. The third kappa shape index (κ3) is 2.74. The number of nitrogens with one attached hydrogen (secondary N) is 1. The largest absolute Gasteiger partial charge is 0.368 e. The fourth-order valence-electron chi connectivity index (χ4n) is 1.53. The molecule has 1 N–H and O–H groups in total. The third-order valence-electron chi connectivity index (χ3n) is 2.17. The van der Waals surface area contributed by atoms with Crippen LogP contribution in [0.15, 0.2) is 17.4 Å². The van der Waals surface area contributed by atoms with Crippen molar-refractivity contribution in [1.29, 1.82) is 0 Å². The molecule has 2 heteroatoms. The van der Waals surface area contributed by atoms with E-state index in [-0.39, 0.29) is 0 Å². The maximum atomic E-state index is 3.73. The van der Waals surface area contributed by atoms with E-state index in [4.69, 9.17) is 0 Å². The van der Waals surface area contributed by atoms with Crippen molar-refractivity contribution in [3.05, 3.63) is 12.4 Å². The van der Waals surface area contributed by atoms with Gasteiger partial charge >= 0.3 is 0 Å². The van der Waals surface area contributed by atoms with Gasteiger partial charge in [-0.15, -0.1) is 0 Å². The zero-order chi connectivity index (χ0) is 8.10. The summed E-state index contributed by atoms with van der Waals surface area (Å²) in [5.74, 6) is 0.719.